The molecule has 1 aromatic rings. The zero-order chi connectivity index (χ0) is 13.4. The Hall–Kier alpha value is -0.980. The summed E-state index contributed by atoms with van der Waals surface area (Å²) in [6.07, 6.45) is 1.08. The molecule has 0 aliphatic carbocycles. The number of nitrogens with zero attached hydrogens (tertiary/aromatic N) is 1. The smallest absolute Gasteiger partial charge is 0.191 e. The van der Waals surface area contributed by atoms with Crippen molar-refractivity contribution < 1.29 is 4.74 Å². The molecule has 0 saturated heterocycles. The molecule has 0 spiro atoms. The molecule has 108 valence electrons. The molecule has 0 aliphatic heterocycles. The van der Waals surface area contributed by atoms with Crippen LogP contribution in [0.5, 0.6) is 5.75 Å². The predicted octanol–water partition coefficient (Wildman–Crippen LogP) is 2.70. The Balaban J connectivity index is 0.00000324. The molecule has 0 radical (unpaired) electrons. The van der Waals surface area contributed by atoms with Crippen molar-refractivity contribution >= 4 is 29.9 Å². The van der Waals surface area contributed by atoms with E-state index in [4.69, 9.17) is 4.74 Å². The number of rotatable bonds is 5. The largest absolute Gasteiger partial charge is 0.496 e. The van der Waals surface area contributed by atoms with Crippen molar-refractivity contribution in [3.05, 3.63) is 29.3 Å². The molecular formula is C14H24IN3O. The number of benzene rings is 1. The second kappa shape index (κ2) is 9.89. The van der Waals surface area contributed by atoms with Crippen LogP contribution in [-0.4, -0.2) is 26.7 Å². The van der Waals surface area contributed by atoms with E-state index in [1.54, 1.807) is 14.2 Å². The van der Waals surface area contributed by atoms with Gasteiger partial charge in [-0.3, -0.25) is 4.99 Å². The van der Waals surface area contributed by atoms with E-state index in [2.05, 4.69) is 41.6 Å². The first kappa shape index (κ1) is 18.0. The van der Waals surface area contributed by atoms with Gasteiger partial charge in [-0.15, -0.1) is 24.0 Å². The van der Waals surface area contributed by atoms with Gasteiger partial charge in [0.1, 0.15) is 5.75 Å². The van der Waals surface area contributed by atoms with Crippen molar-refractivity contribution in [2.75, 3.05) is 20.7 Å². The minimum atomic E-state index is 0. The second-order valence-corrected chi connectivity index (χ2v) is 4.17. The Bertz CT molecular complexity index is 408. The number of methoxy groups -OCH3 is 1. The lowest BCUT2D eigenvalue weighted by Gasteiger charge is -2.13. The van der Waals surface area contributed by atoms with Crippen LogP contribution in [0, 0.1) is 6.92 Å². The van der Waals surface area contributed by atoms with E-state index >= 15 is 0 Å². The number of hydrogen-bond donors (Lipinski definition) is 2. The molecule has 4 nitrogen and oxygen atoms in total. The molecular weight excluding hydrogens is 353 g/mol. The Labute approximate surface area is 133 Å². The van der Waals surface area contributed by atoms with E-state index < -0.39 is 0 Å². The standard InChI is InChI=1S/C14H23N3O.HI/c1-5-8-16-14(15-3)17-10-12-7-6-11(2)9-13(12)18-4;/h6-7,9H,5,8,10H2,1-4H3,(H2,15,16,17);1H. The predicted molar refractivity (Wildman–Crippen MR) is 91.6 cm³/mol. The van der Waals surface area contributed by atoms with Gasteiger partial charge in [0.15, 0.2) is 5.96 Å². The van der Waals surface area contributed by atoms with Crippen LogP contribution in [0.1, 0.15) is 24.5 Å². The number of hydrogen-bond acceptors (Lipinski definition) is 2. The first-order chi connectivity index (χ1) is 8.71. The molecule has 0 heterocycles. The number of halogens is 1. The van der Waals surface area contributed by atoms with Crippen LogP contribution >= 0.6 is 24.0 Å². The van der Waals surface area contributed by atoms with Gasteiger partial charge in [-0.25, -0.2) is 0 Å². The van der Waals surface area contributed by atoms with Gasteiger partial charge in [0.05, 0.1) is 7.11 Å². The highest BCUT2D eigenvalue weighted by molar-refractivity contribution is 14.0. The van der Waals surface area contributed by atoms with Crippen LogP contribution in [0.2, 0.25) is 0 Å². The minimum Gasteiger partial charge on any atom is -0.496 e. The van der Waals surface area contributed by atoms with E-state index in [-0.39, 0.29) is 24.0 Å². The summed E-state index contributed by atoms with van der Waals surface area (Å²) in [6.45, 7) is 5.81. The summed E-state index contributed by atoms with van der Waals surface area (Å²) in [7, 11) is 3.47. The van der Waals surface area contributed by atoms with Crippen molar-refractivity contribution in [2.24, 2.45) is 4.99 Å². The zero-order valence-corrected chi connectivity index (χ0v) is 14.4. The van der Waals surface area contributed by atoms with Crippen molar-refractivity contribution in [3.63, 3.8) is 0 Å². The molecule has 0 aromatic heterocycles. The molecule has 0 saturated carbocycles. The third-order valence-electron chi connectivity index (χ3n) is 2.65. The molecule has 0 bridgehead atoms. The third kappa shape index (κ3) is 6.13. The van der Waals surface area contributed by atoms with Crippen molar-refractivity contribution in [1.29, 1.82) is 0 Å². The molecule has 0 unspecified atom stereocenters. The first-order valence-corrected chi connectivity index (χ1v) is 6.29. The summed E-state index contributed by atoms with van der Waals surface area (Å²) in [6, 6.07) is 6.20. The maximum Gasteiger partial charge on any atom is 0.191 e. The van der Waals surface area contributed by atoms with E-state index in [1.807, 2.05) is 6.07 Å². The zero-order valence-electron chi connectivity index (χ0n) is 12.1. The molecule has 19 heavy (non-hydrogen) atoms. The van der Waals surface area contributed by atoms with Crippen LogP contribution in [-0.2, 0) is 6.54 Å². The fourth-order valence-electron chi connectivity index (χ4n) is 1.64. The topological polar surface area (TPSA) is 45.7 Å². The minimum absolute atomic E-state index is 0. The van der Waals surface area contributed by atoms with Gasteiger partial charge >= 0.3 is 0 Å². The van der Waals surface area contributed by atoms with Gasteiger partial charge in [0.25, 0.3) is 0 Å². The second-order valence-electron chi connectivity index (χ2n) is 4.17. The Morgan fingerprint density at radius 1 is 1.32 bits per heavy atom. The molecule has 5 heteroatoms. The average Bonchev–Trinajstić information content (AvgIpc) is 2.40. The summed E-state index contributed by atoms with van der Waals surface area (Å²) in [5.74, 6) is 1.73. The number of aryl methyl sites for hydroxylation is 1. The van der Waals surface area contributed by atoms with Crippen LogP contribution in [0.4, 0.5) is 0 Å². The third-order valence-corrected chi connectivity index (χ3v) is 2.65. The maximum atomic E-state index is 5.37. The Kier molecular flexibility index (Phi) is 9.38. The molecule has 0 amide bonds. The molecule has 0 fully saturated rings. The average molecular weight is 377 g/mol. The summed E-state index contributed by atoms with van der Waals surface area (Å²) < 4.78 is 5.37. The van der Waals surface area contributed by atoms with Gasteiger partial charge < -0.3 is 15.4 Å². The number of nitrogens with one attached hydrogen (secondary N) is 2. The van der Waals surface area contributed by atoms with E-state index in [1.165, 1.54) is 5.56 Å². The molecule has 0 atom stereocenters. The SMILES string of the molecule is CCCNC(=NC)NCc1ccc(C)cc1OC.I. The molecule has 2 N–H and O–H groups in total. The van der Waals surface area contributed by atoms with Crippen molar-refractivity contribution in [1.82, 2.24) is 10.6 Å². The lowest BCUT2D eigenvalue weighted by Crippen LogP contribution is -2.37. The fourth-order valence-corrected chi connectivity index (χ4v) is 1.64. The first-order valence-electron chi connectivity index (χ1n) is 6.29. The van der Waals surface area contributed by atoms with Gasteiger partial charge in [0, 0.05) is 25.7 Å². The monoisotopic (exact) mass is 377 g/mol. The van der Waals surface area contributed by atoms with Crippen LogP contribution in [0.15, 0.2) is 23.2 Å². The van der Waals surface area contributed by atoms with Crippen LogP contribution in [0.3, 0.4) is 0 Å². The number of ether oxygens (including phenoxy) is 1. The highest BCUT2D eigenvalue weighted by Gasteiger charge is 2.04. The van der Waals surface area contributed by atoms with Crippen LogP contribution < -0.4 is 15.4 Å². The van der Waals surface area contributed by atoms with Crippen molar-refractivity contribution in [3.8, 4) is 5.75 Å². The quantitative estimate of drug-likeness (QED) is 0.471. The lowest BCUT2D eigenvalue weighted by molar-refractivity contribution is 0.408. The van der Waals surface area contributed by atoms with Crippen molar-refractivity contribution in [2.45, 2.75) is 26.8 Å². The molecule has 1 rings (SSSR count). The summed E-state index contributed by atoms with van der Waals surface area (Å²) in [5.41, 5.74) is 2.33. The summed E-state index contributed by atoms with van der Waals surface area (Å²) >= 11 is 0. The highest BCUT2D eigenvalue weighted by atomic mass is 127. The Morgan fingerprint density at radius 3 is 2.63 bits per heavy atom. The summed E-state index contributed by atoms with van der Waals surface area (Å²) in [4.78, 5) is 4.17. The highest BCUT2D eigenvalue weighted by Crippen LogP contribution is 2.19. The molecule has 0 aliphatic rings. The maximum absolute atomic E-state index is 5.37. The van der Waals surface area contributed by atoms with E-state index in [0.29, 0.717) is 6.54 Å². The lowest BCUT2D eigenvalue weighted by atomic mass is 10.1. The van der Waals surface area contributed by atoms with Gasteiger partial charge in [-0.05, 0) is 25.0 Å². The molecule has 1 aromatic carbocycles. The van der Waals surface area contributed by atoms with Crippen LogP contribution in [0.25, 0.3) is 0 Å². The summed E-state index contributed by atoms with van der Waals surface area (Å²) in [5, 5.41) is 6.51. The van der Waals surface area contributed by atoms with Gasteiger partial charge in [0.2, 0.25) is 0 Å². The van der Waals surface area contributed by atoms with E-state index in [9.17, 15) is 0 Å². The van der Waals surface area contributed by atoms with E-state index in [0.717, 1.165) is 30.2 Å². The number of guanidine groups is 1. The normalized spacial score (nSPS) is 10.6. The Morgan fingerprint density at radius 2 is 2.05 bits per heavy atom. The fraction of sp³-hybridized carbons (Fsp3) is 0.500. The number of aliphatic imine (C=N–C) groups is 1. The van der Waals surface area contributed by atoms with Gasteiger partial charge in [-0.1, -0.05) is 19.1 Å². The van der Waals surface area contributed by atoms with Gasteiger partial charge in [-0.2, -0.15) is 0 Å².